The summed E-state index contributed by atoms with van der Waals surface area (Å²) < 4.78 is 5.67. The largest absolute Gasteiger partial charge is 0.484 e. The molecule has 6 nitrogen and oxygen atoms in total. The van der Waals surface area contributed by atoms with Gasteiger partial charge in [0.25, 0.3) is 5.91 Å². The van der Waals surface area contributed by atoms with Gasteiger partial charge in [-0.1, -0.05) is 18.2 Å². The lowest BCUT2D eigenvalue weighted by Gasteiger charge is -2.35. The molecule has 1 aromatic heterocycles. The molecule has 142 valence electrons. The first-order valence-electron chi connectivity index (χ1n) is 9.71. The van der Waals surface area contributed by atoms with Crippen LogP contribution in [0.5, 0.6) is 5.75 Å². The quantitative estimate of drug-likeness (QED) is 0.832. The van der Waals surface area contributed by atoms with E-state index in [1.807, 2.05) is 41.4 Å². The first-order chi connectivity index (χ1) is 13.2. The fourth-order valence-corrected chi connectivity index (χ4v) is 3.88. The summed E-state index contributed by atoms with van der Waals surface area (Å²) in [6.07, 6.45) is 5.92. The number of benzene rings is 1. The van der Waals surface area contributed by atoms with Crippen molar-refractivity contribution in [3.05, 3.63) is 53.6 Å². The van der Waals surface area contributed by atoms with E-state index in [1.165, 1.54) is 5.56 Å². The van der Waals surface area contributed by atoms with Crippen LogP contribution in [0.2, 0.25) is 0 Å². The van der Waals surface area contributed by atoms with Gasteiger partial charge in [0.05, 0.1) is 6.04 Å². The summed E-state index contributed by atoms with van der Waals surface area (Å²) in [5.41, 5.74) is 2.34. The zero-order valence-electron chi connectivity index (χ0n) is 15.8. The van der Waals surface area contributed by atoms with Crippen LogP contribution in [0.1, 0.15) is 42.4 Å². The van der Waals surface area contributed by atoms with E-state index in [0.29, 0.717) is 5.75 Å². The molecule has 0 unspecified atom stereocenters. The van der Waals surface area contributed by atoms with Crippen molar-refractivity contribution in [3.8, 4) is 5.75 Å². The average molecular weight is 366 g/mol. The van der Waals surface area contributed by atoms with E-state index in [2.05, 4.69) is 16.9 Å². The van der Waals surface area contributed by atoms with Crippen LogP contribution in [0.25, 0.3) is 0 Å². The molecule has 27 heavy (non-hydrogen) atoms. The van der Waals surface area contributed by atoms with Gasteiger partial charge < -0.3 is 14.5 Å². The molecule has 1 aromatic carbocycles. The number of rotatable bonds is 4. The van der Waals surface area contributed by atoms with Gasteiger partial charge >= 0.3 is 0 Å². The fourth-order valence-electron chi connectivity index (χ4n) is 3.88. The Morgan fingerprint density at radius 2 is 2.07 bits per heavy atom. The number of para-hydroxylation sites is 1. The molecule has 2 aliphatic rings. The number of ether oxygens (including phenoxy) is 1. The second-order valence-electron chi connectivity index (χ2n) is 7.39. The highest BCUT2D eigenvalue weighted by Crippen LogP contribution is 2.30. The van der Waals surface area contributed by atoms with E-state index in [-0.39, 0.29) is 18.6 Å². The van der Waals surface area contributed by atoms with E-state index in [1.54, 1.807) is 0 Å². The Bertz CT molecular complexity index is 796. The van der Waals surface area contributed by atoms with Crippen LogP contribution in [0.4, 0.5) is 0 Å². The van der Waals surface area contributed by atoms with Gasteiger partial charge in [0.15, 0.2) is 12.4 Å². The second-order valence-corrected chi connectivity index (χ2v) is 7.39. The molecule has 2 aliphatic heterocycles. The normalized spacial score (nSPS) is 20.2. The van der Waals surface area contributed by atoms with Crippen molar-refractivity contribution in [1.29, 1.82) is 0 Å². The smallest absolute Gasteiger partial charge is 0.261 e. The van der Waals surface area contributed by atoms with Crippen LogP contribution in [-0.2, 0) is 17.8 Å². The Hall–Kier alpha value is -2.47. The van der Waals surface area contributed by atoms with Gasteiger partial charge in [0, 0.05) is 43.5 Å². The Kier molecular flexibility index (Phi) is 5.34. The number of likely N-dealkylation sites (N-methyl/N-ethyl adjacent to an activating group) is 1. The number of likely N-dealkylation sites (tertiary alicyclic amines) is 1. The molecule has 4 rings (SSSR count). The van der Waals surface area contributed by atoms with Gasteiger partial charge in [-0.05, 0) is 38.4 Å². The Morgan fingerprint density at radius 3 is 2.93 bits per heavy atom. The first kappa shape index (κ1) is 17.9. The van der Waals surface area contributed by atoms with Crippen molar-refractivity contribution in [2.24, 2.45) is 0 Å². The van der Waals surface area contributed by atoms with Crippen molar-refractivity contribution >= 4 is 5.91 Å². The molecule has 1 saturated heterocycles. The maximum atomic E-state index is 12.8. The molecular weight excluding hydrogens is 340 g/mol. The summed E-state index contributed by atoms with van der Waals surface area (Å²) in [6.45, 7) is 2.70. The lowest BCUT2D eigenvalue weighted by atomic mass is 10.0. The maximum Gasteiger partial charge on any atom is 0.261 e. The zero-order chi connectivity index (χ0) is 18.6. The number of carbonyl (C=O) groups excluding carboxylic acids is 1. The molecular formula is C21H26N4O2. The first-order valence-corrected chi connectivity index (χ1v) is 9.71. The van der Waals surface area contributed by atoms with Crippen LogP contribution in [0.3, 0.4) is 0 Å². The summed E-state index contributed by atoms with van der Waals surface area (Å²) in [5, 5.41) is 0. The van der Waals surface area contributed by atoms with E-state index in [9.17, 15) is 4.79 Å². The lowest BCUT2D eigenvalue weighted by molar-refractivity contribution is -0.137. The predicted molar refractivity (Wildman–Crippen MR) is 102 cm³/mol. The van der Waals surface area contributed by atoms with Crippen LogP contribution in [0, 0.1) is 0 Å². The number of amides is 1. The SMILES string of the molecule is CN1CCc2nc([C@H]3CCCCN3C(=O)COc3ccccc3)ncc2C1. The average Bonchev–Trinajstić information content (AvgIpc) is 2.72. The minimum atomic E-state index is -0.0458. The molecule has 0 saturated carbocycles. The molecule has 0 radical (unpaired) electrons. The van der Waals surface area contributed by atoms with Crippen molar-refractivity contribution in [1.82, 2.24) is 19.8 Å². The lowest BCUT2D eigenvalue weighted by Crippen LogP contribution is -2.42. The molecule has 1 amide bonds. The minimum absolute atomic E-state index is 0.00427. The highest BCUT2D eigenvalue weighted by atomic mass is 16.5. The third-order valence-electron chi connectivity index (χ3n) is 5.37. The van der Waals surface area contributed by atoms with Gasteiger partial charge in [-0.2, -0.15) is 0 Å². The molecule has 6 heteroatoms. The van der Waals surface area contributed by atoms with Crippen molar-refractivity contribution in [2.75, 3.05) is 26.7 Å². The van der Waals surface area contributed by atoms with Crippen LogP contribution in [0.15, 0.2) is 36.5 Å². The van der Waals surface area contributed by atoms with Gasteiger partial charge in [0.1, 0.15) is 5.75 Å². The molecule has 0 spiro atoms. The predicted octanol–water partition coefficient (Wildman–Crippen LogP) is 2.60. The molecule has 0 N–H and O–H groups in total. The van der Waals surface area contributed by atoms with E-state index in [4.69, 9.17) is 9.72 Å². The molecule has 1 atom stereocenters. The summed E-state index contributed by atoms with van der Waals surface area (Å²) in [6, 6.07) is 9.43. The summed E-state index contributed by atoms with van der Waals surface area (Å²) >= 11 is 0. The van der Waals surface area contributed by atoms with Crippen molar-refractivity contribution in [3.63, 3.8) is 0 Å². The van der Waals surface area contributed by atoms with Gasteiger partial charge in [-0.25, -0.2) is 9.97 Å². The number of fused-ring (bicyclic) bond motifs is 1. The second kappa shape index (κ2) is 8.05. The fraction of sp³-hybridized carbons (Fsp3) is 0.476. The Labute approximate surface area is 160 Å². The number of piperidine rings is 1. The molecule has 0 aliphatic carbocycles. The van der Waals surface area contributed by atoms with Gasteiger partial charge in [-0.3, -0.25) is 4.79 Å². The van der Waals surface area contributed by atoms with Crippen LogP contribution < -0.4 is 4.74 Å². The monoisotopic (exact) mass is 366 g/mol. The van der Waals surface area contributed by atoms with Gasteiger partial charge in [-0.15, -0.1) is 0 Å². The summed E-state index contributed by atoms with van der Waals surface area (Å²) in [4.78, 5) is 26.5. The standard InChI is InChI=1S/C21H26N4O2/c1-24-12-10-18-16(14-24)13-22-21(23-18)19-9-5-6-11-25(19)20(26)15-27-17-7-3-2-4-8-17/h2-4,7-8,13,19H,5-6,9-12,14-15H2,1H3/t19-/m1/s1. The van der Waals surface area contributed by atoms with Crippen LogP contribution >= 0.6 is 0 Å². The molecule has 1 fully saturated rings. The third kappa shape index (κ3) is 4.11. The minimum Gasteiger partial charge on any atom is -0.484 e. The van der Waals surface area contributed by atoms with Crippen molar-refractivity contribution in [2.45, 2.75) is 38.3 Å². The number of nitrogens with zero attached hydrogens (tertiary/aromatic N) is 4. The Balaban J connectivity index is 1.48. The van der Waals surface area contributed by atoms with E-state index in [0.717, 1.165) is 56.8 Å². The van der Waals surface area contributed by atoms with E-state index >= 15 is 0 Å². The number of aromatic nitrogens is 2. The summed E-state index contributed by atoms with van der Waals surface area (Å²) in [5.74, 6) is 1.50. The summed E-state index contributed by atoms with van der Waals surface area (Å²) in [7, 11) is 2.12. The maximum absolute atomic E-state index is 12.8. The number of hydrogen-bond acceptors (Lipinski definition) is 5. The number of carbonyl (C=O) groups is 1. The van der Waals surface area contributed by atoms with Gasteiger partial charge in [0.2, 0.25) is 0 Å². The van der Waals surface area contributed by atoms with Crippen LogP contribution in [-0.4, -0.2) is 52.4 Å². The zero-order valence-corrected chi connectivity index (χ0v) is 15.8. The highest BCUT2D eigenvalue weighted by molar-refractivity contribution is 5.78. The highest BCUT2D eigenvalue weighted by Gasteiger charge is 2.31. The molecule has 2 aromatic rings. The Morgan fingerprint density at radius 1 is 1.22 bits per heavy atom. The topological polar surface area (TPSA) is 58.6 Å². The third-order valence-corrected chi connectivity index (χ3v) is 5.37. The van der Waals surface area contributed by atoms with E-state index < -0.39 is 0 Å². The number of hydrogen-bond donors (Lipinski definition) is 0. The van der Waals surface area contributed by atoms with Crippen molar-refractivity contribution < 1.29 is 9.53 Å². The molecule has 0 bridgehead atoms. The molecule has 3 heterocycles.